The highest BCUT2D eigenvalue weighted by Gasteiger charge is 2.34. The topological polar surface area (TPSA) is 94.1 Å². The highest BCUT2D eigenvalue weighted by atomic mass is 32.2. The summed E-state index contributed by atoms with van der Waals surface area (Å²) in [6, 6.07) is 0. The summed E-state index contributed by atoms with van der Waals surface area (Å²) in [5.41, 5.74) is 0. The van der Waals surface area contributed by atoms with Crippen molar-refractivity contribution in [3.63, 3.8) is 0 Å². The van der Waals surface area contributed by atoms with Gasteiger partial charge >= 0.3 is 0 Å². The van der Waals surface area contributed by atoms with Crippen molar-refractivity contribution in [1.82, 2.24) is 0 Å². The van der Waals surface area contributed by atoms with Crippen LogP contribution in [-0.2, 0) is 29.1 Å². The number of rotatable bonds is 16. The average molecular weight is 410 g/mol. The Morgan fingerprint density at radius 2 is 1.70 bits per heavy atom. The molecule has 0 N–H and O–H groups in total. The fourth-order valence-electron chi connectivity index (χ4n) is 3.02. The molecular weight excluding hydrogens is 372 g/mol. The molecule has 0 aromatic carbocycles. The predicted molar refractivity (Wildman–Crippen MR) is 103 cm³/mol. The van der Waals surface area contributed by atoms with Crippen molar-refractivity contribution in [2.45, 2.75) is 83.5 Å². The molecule has 27 heavy (non-hydrogen) atoms. The molecule has 0 amide bonds. The third-order valence-corrected chi connectivity index (χ3v) is 5.30. The minimum atomic E-state index is -4.19. The van der Waals surface area contributed by atoms with E-state index in [1.54, 1.807) is 6.92 Å². The van der Waals surface area contributed by atoms with Crippen molar-refractivity contribution in [1.29, 1.82) is 0 Å². The smallest absolute Gasteiger partial charge is 0.189 e. The Morgan fingerprint density at radius 1 is 1.04 bits per heavy atom. The van der Waals surface area contributed by atoms with Gasteiger partial charge in [-0.15, -0.1) is 0 Å². The molecule has 1 fully saturated rings. The zero-order valence-electron chi connectivity index (χ0n) is 16.9. The molecule has 0 aliphatic carbocycles. The summed E-state index contributed by atoms with van der Waals surface area (Å²) in [4.78, 5) is 0. The molecule has 7 nitrogen and oxygen atoms in total. The maximum Gasteiger partial charge on any atom is 0.189 e. The van der Waals surface area contributed by atoms with Crippen LogP contribution < -0.4 is 0 Å². The first-order valence-corrected chi connectivity index (χ1v) is 11.8. The summed E-state index contributed by atoms with van der Waals surface area (Å²) in [5, 5.41) is 0. The Kier molecular flexibility index (Phi) is 12.7. The van der Waals surface area contributed by atoms with E-state index in [1.165, 1.54) is 38.5 Å². The molecule has 1 rings (SSSR count). The Labute approximate surface area is 164 Å². The van der Waals surface area contributed by atoms with Crippen molar-refractivity contribution in [3.05, 3.63) is 0 Å². The molecule has 2 unspecified atom stereocenters. The Balaban J connectivity index is 2.07. The van der Waals surface area contributed by atoms with E-state index in [0.29, 0.717) is 13.2 Å². The molecule has 1 aliphatic heterocycles. The van der Waals surface area contributed by atoms with Crippen LogP contribution in [0.4, 0.5) is 0 Å². The van der Waals surface area contributed by atoms with Gasteiger partial charge in [-0.05, 0) is 26.2 Å². The monoisotopic (exact) mass is 409 g/mol. The quantitative estimate of drug-likeness (QED) is 0.285. The predicted octanol–water partition coefficient (Wildman–Crippen LogP) is 3.23. The second-order valence-electron chi connectivity index (χ2n) is 7.37. The fourth-order valence-corrected chi connectivity index (χ4v) is 3.49. The van der Waals surface area contributed by atoms with Gasteiger partial charge in [-0.1, -0.05) is 45.4 Å². The summed E-state index contributed by atoms with van der Waals surface area (Å²) in [6.45, 7) is 6.28. The van der Waals surface area contributed by atoms with Crippen LogP contribution in [0.1, 0.15) is 71.6 Å². The lowest BCUT2D eigenvalue weighted by atomic mass is 10.1. The van der Waals surface area contributed by atoms with E-state index in [2.05, 4.69) is 6.92 Å². The molecule has 1 aliphatic rings. The maximum atomic E-state index is 10.6. The summed E-state index contributed by atoms with van der Waals surface area (Å²) in [6.07, 6.45) is 9.75. The van der Waals surface area contributed by atoms with Gasteiger partial charge in [0, 0.05) is 19.0 Å². The number of hydrogen-bond donors (Lipinski definition) is 0. The van der Waals surface area contributed by atoms with Gasteiger partial charge in [0.1, 0.15) is 6.61 Å². The highest BCUT2D eigenvalue weighted by molar-refractivity contribution is 7.85. The zero-order valence-corrected chi connectivity index (χ0v) is 17.8. The highest BCUT2D eigenvalue weighted by Crippen LogP contribution is 2.23. The lowest BCUT2D eigenvalue weighted by Gasteiger charge is -2.38. The van der Waals surface area contributed by atoms with Crippen LogP contribution in [0.15, 0.2) is 0 Å². The van der Waals surface area contributed by atoms with E-state index in [0.717, 1.165) is 19.4 Å². The van der Waals surface area contributed by atoms with E-state index in [9.17, 15) is 13.0 Å². The van der Waals surface area contributed by atoms with Crippen molar-refractivity contribution >= 4 is 10.1 Å². The van der Waals surface area contributed by atoms with Crippen LogP contribution in [0, 0.1) is 0 Å². The minimum absolute atomic E-state index is 0.0288. The van der Waals surface area contributed by atoms with E-state index < -0.39 is 21.7 Å². The number of hydrogen-bond acceptors (Lipinski definition) is 7. The van der Waals surface area contributed by atoms with Gasteiger partial charge in [0.2, 0.25) is 0 Å². The first kappa shape index (κ1) is 24.8. The SMILES string of the molecule is CCCCCCCCCOCC1CCOC(C)(COCCCS(=O)(=O)[O-])O1. The third-order valence-electron chi connectivity index (χ3n) is 4.51. The summed E-state index contributed by atoms with van der Waals surface area (Å²) < 4.78 is 54.4. The zero-order chi connectivity index (χ0) is 20.0. The maximum absolute atomic E-state index is 10.6. The molecule has 1 heterocycles. The van der Waals surface area contributed by atoms with Gasteiger partial charge in [-0.2, -0.15) is 0 Å². The average Bonchev–Trinajstić information content (AvgIpc) is 2.59. The van der Waals surface area contributed by atoms with Gasteiger partial charge in [0.05, 0.1) is 29.4 Å². The van der Waals surface area contributed by atoms with E-state index >= 15 is 0 Å². The molecule has 162 valence electrons. The lowest BCUT2D eigenvalue weighted by molar-refractivity contribution is -0.306. The number of unbranched alkanes of at least 4 members (excludes halogenated alkanes) is 6. The molecule has 0 spiro atoms. The van der Waals surface area contributed by atoms with Gasteiger partial charge < -0.3 is 23.5 Å². The standard InChI is InChI=1S/C19H38O7S/c1-3-4-5-6-7-8-9-12-23-16-18-11-14-25-19(2,26-18)17-24-13-10-15-27(20,21)22/h18H,3-17H2,1-2H3,(H,20,21,22)/p-1. The van der Waals surface area contributed by atoms with Crippen molar-refractivity contribution in [3.8, 4) is 0 Å². The molecule has 8 heteroatoms. The molecule has 2 atom stereocenters. The van der Waals surface area contributed by atoms with Crippen LogP contribution in [-0.4, -0.2) is 63.6 Å². The van der Waals surface area contributed by atoms with Crippen molar-refractivity contribution < 1.29 is 31.9 Å². The lowest BCUT2D eigenvalue weighted by Crippen LogP contribution is -2.47. The van der Waals surface area contributed by atoms with Gasteiger partial charge in [0.25, 0.3) is 0 Å². The summed E-state index contributed by atoms with van der Waals surface area (Å²) >= 11 is 0. The van der Waals surface area contributed by atoms with Gasteiger partial charge in [-0.3, -0.25) is 0 Å². The van der Waals surface area contributed by atoms with Crippen LogP contribution in [0.25, 0.3) is 0 Å². The largest absolute Gasteiger partial charge is 0.748 e. The summed E-state index contributed by atoms with van der Waals surface area (Å²) in [7, 11) is -4.19. The fraction of sp³-hybridized carbons (Fsp3) is 1.00. The number of ether oxygens (including phenoxy) is 4. The molecule has 0 bridgehead atoms. The van der Waals surface area contributed by atoms with E-state index in [-0.39, 0.29) is 25.7 Å². The Morgan fingerprint density at radius 3 is 2.41 bits per heavy atom. The molecule has 0 aromatic rings. The van der Waals surface area contributed by atoms with Crippen molar-refractivity contribution in [2.75, 3.05) is 38.8 Å². The molecule has 0 aromatic heterocycles. The van der Waals surface area contributed by atoms with Crippen LogP contribution >= 0.6 is 0 Å². The normalized spacial score (nSPS) is 23.6. The third kappa shape index (κ3) is 13.5. The molecule has 0 radical (unpaired) electrons. The van der Waals surface area contributed by atoms with Gasteiger partial charge in [-0.25, -0.2) is 8.42 Å². The molecule has 1 saturated heterocycles. The Bertz CT molecular complexity index is 469. The van der Waals surface area contributed by atoms with Crippen molar-refractivity contribution in [2.24, 2.45) is 0 Å². The van der Waals surface area contributed by atoms with Crippen LogP contribution in [0.2, 0.25) is 0 Å². The summed E-state index contributed by atoms with van der Waals surface area (Å²) in [5.74, 6) is -1.28. The van der Waals surface area contributed by atoms with E-state index in [4.69, 9.17) is 18.9 Å². The second-order valence-corrected chi connectivity index (χ2v) is 8.90. The minimum Gasteiger partial charge on any atom is -0.748 e. The molecule has 0 saturated carbocycles. The van der Waals surface area contributed by atoms with Crippen LogP contribution in [0.5, 0.6) is 0 Å². The Hall–Kier alpha value is -0.250. The first-order valence-electron chi connectivity index (χ1n) is 10.3. The van der Waals surface area contributed by atoms with Crippen LogP contribution in [0.3, 0.4) is 0 Å². The first-order chi connectivity index (χ1) is 12.8. The van der Waals surface area contributed by atoms with Gasteiger partial charge in [0.15, 0.2) is 5.79 Å². The van der Waals surface area contributed by atoms with E-state index in [1.807, 2.05) is 0 Å². The molecular formula is C19H37O7S-. The second kappa shape index (κ2) is 13.8.